The van der Waals surface area contributed by atoms with Crippen LogP contribution in [0.15, 0.2) is 53.0 Å². The number of rotatable bonds is 6. The number of nitrogens with zero attached hydrogens (tertiary/aromatic N) is 1. The summed E-state index contributed by atoms with van der Waals surface area (Å²) in [5.41, 5.74) is 1.06. The van der Waals surface area contributed by atoms with Gasteiger partial charge in [0, 0.05) is 16.6 Å². The number of hydrogen-bond acceptors (Lipinski definition) is 3. The molecule has 0 fully saturated rings. The maximum atomic E-state index is 13.3. The molecule has 7 heteroatoms. The number of carboxylic acid groups (broad SMARTS) is 1. The van der Waals surface area contributed by atoms with Gasteiger partial charge in [0.1, 0.15) is 12.4 Å². The molecule has 0 saturated heterocycles. The third-order valence-electron chi connectivity index (χ3n) is 3.58. The maximum absolute atomic E-state index is 13.3. The van der Waals surface area contributed by atoms with Crippen LogP contribution < -0.4 is 0 Å². The smallest absolute Gasteiger partial charge is 0.411 e. The average molecular weight is 410 g/mol. The van der Waals surface area contributed by atoms with Crippen molar-refractivity contribution in [3.8, 4) is 0 Å². The van der Waals surface area contributed by atoms with Crippen LogP contribution in [-0.2, 0) is 16.1 Å². The van der Waals surface area contributed by atoms with Crippen molar-refractivity contribution >= 4 is 28.0 Å². The van der Waals surface area contributed by atoms with Crippen LogP contribution in [-0.4, -0.2) is 28.6 Å². The van der Waals surface area contributed by atoms with Gasteiger partial charge in [0.2, 0.25) is 0 Å². The summed E-state index contributed by atoms with van der Waals surface area (Å²) in [5, 5.41) is 9.59. The molecule has 25 heavy (non-hydrogen) atoms. The molecular formula is C18H17BrFNO4. The molecule has 0 aromatic heterocycles. The summed E-state index contributed by atoms with van der Waals surface area (Å²) in [7, 11) is 0. The van der Waals surface area contributed by atoms with E-state index in [1.54, 1.807) is 19.1 Å². The number of carbonyl (C=O) groups excluding carboxylic acids is 1. The first-order chi connectivity index (χ1) is 11.9. The van der Waals surface area contributed by atoms with E-state index >= 15 is 0 Å². The van der Waals surface area contributed by atoms with Gasteiger partial charge in [-0.15, -0.1) is 0 Å². The molecule has 0 saturated carbocycles. The second-order valence-electron chi connectivity index (χ2n) is 5.23. The highest BCUT2D eigenvalue weighted by atomic mass is 79.9. The zero-order valence-electron chi connectivity index (χ0n) is 13.5. The third kappa shape index (κ3) is 4.79. The molecule has 1 amide bonds. The first-order valence-corrected chi connectivity index (χ1v) is 8.38. The Balaban J connectivity index is 2.21. The molecule has 2 aromatic carbocycles. The summed E-state index contributed by atoms with van der Waals surface area (Å²) in [6, 6.07) is 11.4. The van der Waals surface area contributed by atoms with Crippen LogP contribution in [0.25, 0.3) is 0 Å². The number of halogens is 2. The van der Waals surface area contributed by atoms with Crippen LogP contribution in [0, 0.1) is 5.82 Å². The number of likely N-dealkylation sites (N-methyl/N-ethyl adjacent to an activating group) is 1. The van der Waals surface area contributed by atoms with Crippen molar-refractivity contribution in [3.63, 3.8) is 0 Å². The summed E-state index contributed by atoms with van der Waals surface area (Å²) >= 11 is 3.16. The molecular weight excluding hydrogens is 393 g/mol. The zero-order valence-corrected chi connectivity index (χ0v) is 15.1. The second kappa shape index (κ2) is 8.62. The number of hydrogen-bond donors (Lipinski definition) is 1. The Labute approximate surface area is 153 Å². The molecule has 2 aromatic rings. The van der Waals surface area contributed by atoms with Crippen LogP contribution in [0.1, 0.15) is 24.1 Å². The standard InChI is InChI=1S/C18H17BrFNO4/c1-2-21(18(24)25-11-12-6-4-3-5-7-12)16(17(22)23)14-9-8-13(20)10-15(14)19/h3-10,16H,2,11H2,1H3,(H,22,23). The van der Waals surface area contributed by atoms with Gasteiger partial charge in [-0.1, -0.05) is 52.3 Å². The van der Waals surface area contributed by atoms with Crippen molar-refractivity contribution in [2.45, 2.75) is 19.6 Å². The van der Waals surface area contributed by atoms with Crippen LogP contribution in [0.4, 0.5) is 9.18 Å². The van der Waals surface area contributed by atoms with Crippen LogP contribution in [0.5, 0.6) is 0 Å². The SMILES string of the molecule is CCN(C(=O)OCc1ccccc1)C(C(=O)O)c1ccc(F)cc1Br. The topological polar surface area (TPSA) is 66.8 Å². The van der Waals surface area contributed by atoms with Crippen molar-refractivity contribution in [3.05, 3.63) is 69.9 Å². The van der Waals surface area contributed by atoms with Crippen molar-refractivity contribution in [2.24, 2.45) is 0 Å². The first kappa shape index (κ1) is 18.9. The molecule has 0 aliphatic carbocycles. The Morgan fingerprint density at radius 2 is 1.92 bits per heavy atom. The number of carbonyl (C=O) groups is 2. The first-order valence-electron chi connectivity index (χ1n) is 7.59. The van der Waals surface area contributed by atoms with E-state index in [0.717, 1.165) is 22.6 Å². The predicted molar refractivity (Wildman–Crippen MR) is 93.5 cm³/mol. The van der Waals surface area contributed by atoms with E-state index in [1.807, 2.05) is 18.2 Å². The van der Waals surface area contributed by atoms with E-state index in [4.69, 9.17) is 4.74 Å². The summed E-state index contributed by atoms with van der Waals surface area (Å²) < 4.78 is 18.8. The Morgan fingerprint density at radius 1 is 1.24 bits per heavy atom. The fourth-order valence-corrected chi connectivity index (χ4v) is 2.94. The average Bonchev–Trinajstić information content (AvgIpc) is 2.59. The van der Waals surface area contributed by atoms with Gasteiger partial charge in [0.05, 0.1) is 0 Å². The van der Waals surface area contributed by atoms with Crippen LogP contribution in [0.2, 0.25) is 0 Å². The molecule has 132 valence electrons. The molecule has 0 radical (unpaired) electrons. The predicted octanol–water partition coefficient (Wildman–Crippen LogP) is 4.37. The number of carboxylic acids is 1. The molecule has 1 atom stereocenters. The highest BCUT2D eigenvalue weighted by Crippen LogP contribution is 2.29. The monoisotopic (exact) mass is 409 g/mol. The normalized spacial score (nSPS) is 11.6. The van der Waals surface area contributed by atoms with Gasteiger partial charge in [0.15, 0.2) is 6.04 Å². The van der Waals surface area contributed by atoms with E-state index < -0.39 is 23.9 Å². The minimum atomic E-state index is -1.29. The van der Waals surface area contributed by atoms with Crippen molar-refractivity contribution < 1.29 is 23.8 Å². The van der Waals surface area contributed by atoms with E-state index in [2.05, 4.69) is 15.9 Å². The van der Waals surface area contributed by atoms with Gasteiger partial charge in [-0.2, -0.15) is 0 Å². The van der Waals surface area contributed by atoms with E-state index in [0.29, 0.717) is 0 Å². The highest BCUT2D eigenvalue weighted by molar-refractivity contribution is 9.10. The minimum absolute atomic E-state index is 0.0348. The molecule has 0 bridgehead atoms. The van der Waals surface area contributed by atoms with Crippen LogP contribution in [0.3, 0.4) is 0 Å². The lowest BCUT2D eigenvalue weighted by molar-refractivity contribution is -0.143. The molecule has 5 nitrogen and oxygen atoms in total. The van der Waals surface area contributed by atoms with E-state index in [1.165, 1.54) is 6.07 Å². The number of benzene rings is 2. The van der Waals surface area contributed by atoms with Gasteiger partial charge >= 0.3 is 12.1 Å². The quantitative estimate of drug-likeness (QED) is 0.768. The van der Waals surface area contributed by atoms with Crippen LogP contribution >= 0.6 is 15.9 Å². The summed E-state index contributed by atoms with van der Waals surface area (Å²) in [6.07, 6.45) is -0.755. The molecule has 0 aliphatic rings. The lowest BCUT2D eigenvalue weighted by Gasteiger charge is -2.28. The van der Waals surface area contributed by atoms with Gasteiger partial charge in [0.25, 0.3) is 0 Å². The van der Waals surface area contributed by atoms with E-state index in [9.17, 15) is 19.1 Å². The molecule has 1 N–H and O–H groups in total. The second-order valence-corrected chi connectivity index (χ2v) is 6.09. The number of amides is 1. The zero-order chi connectivity index (χ0) is 18.4. The number of aliphatic carboxylic acids is 1. The summed E-state index contributed by atoms with van der Waals surface area (Å²) in [6.45, 7) is 1.80. The fourth-order valence-electron chi connectivity index (χ4n) is 2.38. The third-order valence-corrected chi connectivity index (χ3v) is 4.27. The lowest BCUT2D eigenvalue weighted by Crippen LogP contribution is -2.39. The van der Waals surface area contributed by atoms with Gasteiger partial charge in [-0.05, 0) is 24.6 Å². The minimum Gasteiger partial charge on any atom is -0.479 e. The lowest BCUT2D eigenvalue weighted by atomic mass is 10.1. The molecule has 0 aliphatic heterocycles. The molecule has 0 heterocycles. The van der Waals surface area contributed by atoms with Crippen molar-refractivity contribution in [2.75, 3.05) is 6.54 Å². The highest BCUT2D eigenvalue weighted by Gasteiger charge is 2.32. The summed E-state index contributed by atoms with van der Waals surface area (Å²) in [4.78, 5) is 25.2. The Bertz CT molecular complexity index is 754. The van der Waals surface area contributed by atoms with Crippen molar-refractivity contribution in [1.29, 1.82) is 0 Å². The Hall–Kier alpha value is -2.41. The summed E-state index contributed by atoms with van der Waals surface area (Å²) in [5.74, 6) is -1.74. The fraction of sp³-hybridized carbons (Fsp3) is 0.222. The van der Waals surface area contributed by atoms with Crippen molar-refractivity contribution in [1.82, 2.24) is 4.90 Å². The Morgan fingerprint density at radius 3 is 2.48 bits per heavy atom. The van der Waals surface area contributed by atoms with Gasteiger partial charge < -0.3 is 9.84 Å². The van der Waals surface area contributed by atoms with Gasteiger partial charge in [-0.3, -0.25) is 4.90 Å². The number of ether oxygens (including phenoxy) is 1. The largest absolute Gasteiger partial charge is 0.479 e. The Kier molecular flexibility index (Phi) is 6.52. The maximum Gasteiger partial charge on any atom is 0.411 e. The van der Waals surface area contributed by atoms with Gasteiger partial charge in [-0.25, -0.2) is 14.0 Å². The molecule has 1 unspecified atom stereocenters. The molecule has 0 spiro atoms. The molecule has 2 rings (SSSR count). The van der Waals surface area contributed by atoms with E-state index in [-0.39, 0.29) is 23.2 Å².